The SMILES string of the molecule is CCOC(=O)/C=C/[C@H]1O[C@@H](n2cc(C)c(=O)n(Cc3ccc(OC)cc3)c2=O)C[C@@H]1OC(C)=O. The summed E-state index contributed by atoms with van der Waals surface area (Å²) < 4.78 is 23.8. The smallest absolute Gasteiger partial charge is 0.333 e. The molecular formula is C24H28N2O8. The zero-order valence-electron chi connectivity index (χ0n) is 19.6. The minimum Gasteiger partial charge on any atom is -0.497 e. The van der Waals surface area contributed by atoms with Crippen molar-refractivity contribution in [3.8, 4) is 5.75 Å². The molecule has 0 amide bonds. The van der Waals surface area contributed by atoms with E-state index in [-0.39, 0.29) is 19.6 Å². The average Bonchev–Trinajstić information content (AvgIpc) is 3.20. The van der Waals surface area contributed by atoms with Gasteiger partial charge in [-0.1, -0.05) is 12.1 Å². The van der Waals surface area contributed by atoms with Crippen LogP contribution in [0.25, 0.3) is 0 Å². The molecule has 1 aromatic carbocycles. The second-order valence-electron chi connectivity index (χ2n) is 7.79. The van der Waals surface area contributed by atoms with Gasteiger partial charge in [0.1, 0.15) is 24.2 Å². The maximum absolute atomic E-state index is 13.3. The van der Waals surface area contributed by atoms with Gasteiger partial charge in [-0.15, -0.1) is 0 Å². The molecule has 1 fully saturated rings. The van der Waals surface area contributed by atoms with Crippen LogP contribution >= 0.6 is 0 Å². The van der Waals surface area contributed by atoms with E-state index in [2.05, 4.69) is 0 Å². The number of carbonyl (C=O) groups excluding carboxylic acids is 2. The number of aryl methyl sites for hydroxylation is 1. The van der Waals surface area contributed by atoms with Gasteiger partial charge in [-0.3, -0.25) is 18.7 Å². The molecule has 1 saturated heterocycles. The number of ether oxygens (including phenoxy) is 4. The molecule has 0 saturated carbocycles. The Morgan fingerprint density at radius 3 is 2.53 bits per heavy atom. The molecule has 34 heavy (non-hydrogen) atoms. The predicted molar refractivity (Wildman–Crippen MR) is 122 cm³/mol. The summed E-state index contributed by atoms with van der Waals surface area (Å²) in [6.07, 6.45) is 1.94. The fourth-order valence-corrected chi connectivity index (χ4v) is 3.72. The second kappa shape index (κ2) is 11.0. The number of esters is 2. The van der Waals surface area contributed by atoms with Crippen molar-refractivity contribution < 1.29 is 28.5 Å². The second-order valence-corrected chi connectivity index (χ2v) is 7.79. The van der Waals surface area contributed by atoms with Gasteiger partial charge in [-0.25, -0.2) is 9.59 Å². The first-order valence-electron chi connectivity index (χ1n) is 10.9. The van der Waals surface area contributed by atoms with Crippen molar-refractivity contribution in [2.24, 2.45) is 0 Å². The van der Waals surface area contributed by atoms with Crippen LogP contribution in [-0.4, -0.2) is 47.0 Å². The molecule has 182 valence electrons. The van der Waals surface area contributed by atoms with E-state index in [0.29, 0.717) is 11.3 Å². The summed E-state index contributed by atoms with van der Waals surface area (Å²) in [5, 5.41) is 0. The van der Waals surface area contributed by atoms with Gasteiger partial charge in [0.05, 0.1) is 20.3 Å². The number of hydrogen-bond acceptors (Lipinski definition) is 8. The maximum atomic E-state index is 13.3. The minimum atomic E-state index is -0.810. The Balaban J connectivity index is 1.91. The highest BCUT2D eigenvalue weighted by Gasteiger charge is 2.38. The topological polar surface area (TPSA) is 115 Å². The van der Waals surface area contributed by atoms with E-state index in [0.717, 1.165) is 10.1 Å². The highest BCUT2D eigenvalue weighted by molar-refractivity contribution is 5.82. The van der Waals surface area contributed by atoms with Crippen molar-refractivity contribution in [1.82, 2.24) is 9.13 Å². The van der Waals surface area contributed by atoms with Gasteiger partial charge in [-0.2, -0.15) is 0 Å². The molecule has 10 heteroatoms. The molecule has 2 heterocycles. The fraction of sp³-hybridized carbons (Fsp3) is 0.417. The zero-order chi connectivity index (χ0) is 24.8. The molecule has 0 bridgehead atoms. The highest BCUT2D eigenvalue weighted by atomic mass is 16.6. The molecule has 1 aliphatic rings. The quantitative estimate of drug-likeness (QED) is 0.421. The van der Waals surface area contributed by atoms with Gasteiger partial charge >= 0.3 is 17.6 Å². The molecule has 3 atom stereocenters. The molecule has 10 nitrogen and oxygen atoms in total. The molecule has 1 aromatic heterocycles. The monoisotopic (exact) mass is 472 g/mol. The Bertz CT molecular complexity index is 1180. The normalized spacial score (nSPS) is 19.8. The van der Waals surface area contributed by atoms with Gasteiger partial charge in [-0.05, 0) is 37.6 Å². The van der Waals surface area contributed by atoms with Crippen LogP contribution in [0.15, 0.2) is 52.2 Å². The van der Waals surface area contributed by atoms with Crippen molar-refractivity contribution in [2.75, 3.05) is 13.7 Å². The molecule has 0 spiro atoms. The van der Waals surface area contributed by atoms with Crippen LogP contribution in [0.2, 0.25) is 0 Å². The van der Waals surface area contributed by atoms with Crippen molar-refractivity contribution in [1.29, 1.82) is 0 Å². The summed E-state index contributed by atoms with van der Waals surface area (Å²) in [6, 6.07) is 7.05. The lowest BCUT2D eigenvalue weighted by molar-refractivity contribution is -0.147. The molecule has 0 N–H and O–H groups in total. The lowest BCUT2D eigenvalue weighted by Gasteiger charge is -2.17. The van der Waals surface area contributed by atoms with Crippen LogP contribution in [0, 0.1) is 6.92 Å². The first-order valence-corrected chi connectivity index (χ1v) is 10.9. The summed E-state index contributed by atoms with van der Waals surface area (Å²) in [5.74, 6) is -0.413. The Kier molecular flexibility index (Phi) is 8.06. The largest absolute Gasteiger partial charge is 0.497 e. The molecule has 2 aromatic rings. The molecule has 0 radical (unpaired) electrons. The lowest BCUT2D eigenvalue weighted by Crippen LogP contribution is -2.42. The summed E-state index contributed by atoms with van der Waals surface area (Å²) in [4.78, 5) is 49.3. The molecule has 0 aliphatic carbocycles. The van der Waals surface area contributed by atoms with Gasteiger partial charge in [0, 0.05) is 31.2 Å². The van der Waals surface area contributed by atoms with E-state index in [1.165, 1.54) is 29.8 Å². The van der Waals surface area contributed by atoms with Gasteiger partial charge in [0.15, 0.2) is 0 Å². The fourth-order valence-electron chi connectivity index (χ4n) is 3.72. The third kappa shape index (κ3) is 5.82. The van der Waals surface area contributed by atoms with E-state index in [9.17, 15) is 19.2 Å². The van der Waals surface area contributed by atoms with E-state index in [1.54, 1.807) is 45.2 Å². The van der Waals surface area contributed by atoms with Crippen LogP contribution < -0.4 is 16.0 Å². The van der Waals surface area contributed by atoms with E-state index < -0.39 is 41.6 Å². The first kappa shape index (κ1) is 25.0. The van der Waals surface area contributed by atoms with Crippen LogP contribution in [0.5, 0.6) is 5.75 Å². The van der Waals surface area contributed by atoms with E-state index in [4.69, 9.17) is 18.9 Å². The maximum Gasteiger partial charge on any atom is 0.333 e. The highest BCUT2D eigenvalue weighted by Crippen LogP contribution is 2.31. The van der Waals surface area contributed by atoms with E-state index in [1.807, 2.05) is 0 Å². The molecular weight excluding hydrogens is 444 g/mol. The number of hydrogen-bond donors (Lipinski definition) is 0. The van der Waals surface area contributed by atoms with Crippen LogP contribution in [0.1, 0.15) is 37.6 Å². The average molecular weight is 472 g/mol. The number of rotatable bonds is 8. The van der Waals surface area contributed by atoms with E-state index >= 15 is 0 Å². The number of carbonyl (C=O) groups is 2. The van der Waals surface area contributed by atoms with Gasteiger partial charge in [0.25, 0.3) is 5.56 Å². The number of nitrogens with zero attached hydrogens (tertiary/aromatic N) is 2. The lowest BCUT2D eigenvalue weighted by atomic mass is 10.1. The number of benzene rings is 1. The summed E-state index contributed by atoms with van der Waals surface area (Å²) in [5.41, 5.74) is 0.127. The molecule has 0 unspecified atom stereocenters. The number of methoxy groups -OCH3 is 1. The van der Waals surface area contributed by atoms with Crippen molar-refractivity contribution in [3.63, 3.8) is 0 Å². The first-order chi connectivity index (χ1) is 16.2. The third-order valence-electron chi connectivity index (χ3n) is 5.32. The van der Waals surface area contributed by atoms with Crippen LogP contribution in [0.4, 0.5) is 0 Å². The minimum absolute atomic E-state index is 0.0651. The Hall–Kier alpha value is -3.66. The van der Waals surface area contributed by atoms with Crippen LogP contribution in [0.3, 0.4) is 0 Å². The third-order valence-corrected chi connectivity index (χ3v) is 5.32. The predicted octanol–water partition coefficient (Wildman–Crippen LogP) is 1.71. The Morgan fingerprint density at radius 1 is 1.21 bits per heavy atom. The summed E-state index contributed by atoms with van der Waals surface area (Å²) in [7, 11) is 1.55. The van der Waals surface area contributed by atoms with Crippen molar-refractivity contribution in [2.45, 2.75) is 52.2 Å². The van der Waals surface area contributed by atoms with Gasteiger partial charge < -0.3 is 18.9 Å². The summed E-state index contributed by atoms with van der Waals surface area (Å²) >= 11 is 0. The van der Waals surface area contributed by atoms with Gasteiger partial charge in [0.2, 0.25) is 0 Å². The van der Waals surface area contributed by atoms with Crippen molar-refractivity contribution in [3.05, 3.63) is 74.6 Å². The van der Waals surface area contributed by atoms with Crippen molar-refractivity contribution >= 4 is 11.9 Å². The zero-order valence-corrected chi connectivity index (χ0v) is 19.6. The summed E-state index contributed by atoms with van der Waals surface area (Å²) in [6.45, 7) is 4.85. The number of aromatic nitrogens is 2. The molecule has 1 aliphatic heterocycles. The standard InChI is InChI=1S/C24H28N2O8/c1-5-32-22(28)11-10-19-20(33-16(3)27)12-21(34-19)25-13-15(2)23(29)26(24(25)30)14-17-6-8-18(31-4)9-7-17/h6-11,13,19-21H,5,12,14H2,1-4H3/b11-10+/t19-,20+,21-/m1/s1. The molecule has 3 rings (SSSR count). The van der Waals surface area contributed by atoms with Crippen LogP contribution in [-0.2, 0) is 30.3 Å². The Labute approximate surface area is 196 Å². The Morgan fingerprint density at radius 2 is 1.91 bits per heavy atom.